The zero-order chi connectivity index (χ0) is 12.2. The molecule has 0 saturated heterocycles. The largest absolute Gasteiger partial charge is 0.324 e. The van der Waals surface area contributed by atoms with Gasteiger partial charge in [-0.3, -0.25) is 13.4 Å². The summed E-state index contributed by atoms with van der Waals surface area (Å²) >= 11 is 0. The van der Waals surface area contributed by atoms with Gasteiger partial charge in [0.2, 0.25) is 14.7 Å². The molecule has 0 aromatic rings. The van der Waals surface area contributed by atoms with E-state index < -0.39 is 21.9 Å². The minimum atomic E-state index is -2.55. The molecule has 0 aromatic heterocycles. The van der Waals surface area contributed by atoms with Crippen LogP contribution in [0.3, 0.4) is 0 Å². The molecule has 0 N–H and O–H groups in total. The van der Waals surface area contributed by atoms with Crippen LogP contribution in [0.2, 0.25) is 0 Å². The quantitative estimate of drug-likeness (QED) is 0.717. The molecule has 0 bridgehead atoms. The van der Waals surface area contributed by atoms with E-state index in [2.05, 4.69) is 0 Å². The molecule has 0 aliphatic carbocycles. The molecule has 7 heteroatoms. The van der Waals surface area contributed by atoms with Gasteiger partial charge in [0.25, 0.3) is 0 Å². The second kappa shape index (κ2) is 7.07. The molecule has 96 valence electrons. The van der Waals surface area contributed by atoms with Gasteiger partial charge in [-0.25, -0.2) is 0 Å². The first-order valence-corrected chi connectivity index (χ1v) is 12.1. The molecule has 0 fully saturated rings. The highest BCUT2D eigenvalue weighted by Gasteiger charge is 2.16. The van der Waals surface area contributed by atoms with Crippen molar-refractivity contribution in [2.45, 2.75) is 7.43 Å². The molecule has 0 atom stereocenters. The van der Waals surface area contributed by atoms with Gasteiger partial charge < -0.3 is 4.57 Å². The van der Waals surface area contributed by atoms with Crippen LogP contribution in [0.15, 0.2) is 0 Å². The Balaban J connectivity index is -0.000000208. The van der Waals surface area contributed by atoms with Crippen molar-refractivity contribution in [3.63, 3.8) is 0 Å². The molecule has 0 unspecified atom stereocenters. The van der Waals surface area contributed by atoms with Crippen molar-refractivity contribution in [3.05, 3.63) is 0 Å². The Hall–Kier alpha value is 0.650. The molecular weight excluding hydrogens is 253 g/mol. The van der Waals surface area contributed by atoms with Gasteiger partial charge in [-0.2, -0.15) is 0 Å². The predicted octanol–water partition coefficient (Wildman–Crippen LogP) is 3.95. The Bertz CT molecular complexity index is 265. The summed E-state index contributed by atoms with van der Waals surface area (Å²) in [6.45, 7) is 11.0. The lowest BCUT2D eigenvalue weighted by Crippen LogP contribution is -1.81. The summed E-state index contributed by atoms with van der Waals surface area (Å²) in [4.78, 5) is 0. The van der Waals surface area contributed by atoms with Crippen molar-refractivity contribution in [2.75, 3.05) is 46.7 Å². The van der Waals surface area contributed by atoms with Gasteiger partial charge in [-0.1, -0.05) is 7.43 Å². The number of hydrogen-bond acceptors (Lipinski definition) is 4. The Morgan fingerprint density at radius 2 is 0.800 bits per heavy atom. The Kier molecular flexibility index (Phi) is 9.89. The molecule has 0 amide bonds. The fraction of sp³-hybridized carbons (Fsp3) is 1.00. The summed E-state index contributed by atoms with van der Waals surface area (Å²) in [5, 5.41) is 0. The average molecular weight is 278 g/mol. The first-order chi connectivity index (χ1) is 5.71. The fourth-order valence-corrected chi connectivity index (χ4v) is 4.26. The molecule has 0 aromatic carbocycles. The molecule has 0 aliphatic rings. The summed E-state index contributed by atoms with van der Waals surface area (Å²) in [7, 11) is -6.74. The summed E-state index contributed by atoms with van der Waals surface area (Å²) in [6.07, 6.45) is 0. The van der Waals surface area contributed by atoms with Crippen LogP contribution in [-0.2, 0) is 18.0 Å². The van der Waals surface area contributed by atoms with Gasteiger partial charge in [0.1, 0.15) is 0 Å². The second-order valence-corrected chi connectivity index (χ2v) is 13.9. The van der Waals surface area contributed by atoms with Crippen molar-refractivity contribution >= 4 is 21.9 Å². The van der Waals surface area contributed by atoms with Gasteiger partial charge in [-0.05, 0) is 20.0 Å². The van der Waals surface area contributed by atoms with Crippen LogP contribution in [0, 0.1) is 0 Å². The minimum Gasteiger partial charge on any atom is -0.324 e. The van der Waals surface area contributed by atoms with E-state index in [0.717, 1.165) is 0 Å². The Morgan fingerprint density at radius 1 is 0.667 bits per heavy atom. The van der Waals surface area contributed by atoms with E-state index in [0.29, 0.717) is 0 Å². The summed E-state index contributed by atoms with van der Waals surface area (Å²) < 4.78 is 36.6. The molecule has 0 saturated carbocycles. The third-order valence-electron chi connectivity index (χ3n) is 0.393. The molecule has 0 radical (unpaired) electrons. The average Bonchev–Trinajstić information content (AvgIpc) is 1.42. The summed E-state index contributed by atoms with van der Waals surface area (Å²) in [6, 6.07) is 0. The Morgan fingerprint density at radius 3 is 0.800 bits per heavy atom. The van der Waals surface area contributed by atoms with E-state index in [9.17, 15) is 13.7 Å². The number of hydrogen-bond donors (Lipinski definition) is 0. The van der Waals surface area contributed by atoms with Crippen LogP contribution >= 0.6 is 21.9 Å². The SMILES string of the molecule is C.CP(C)(=O)OP(C)(C)=O.CP(C)(C)=O. The topological polar surface area (TPSA) is 60.4 Å². The smallest absolute Gasteiger partial charge is 0.202 e. The zero-order valence-electron chi connectivity index (χ0n) is 9.97. The molecule has 0 aliphatic heterocycles. The lowest BCUT2D eigenvalue weighted by Gasteiger charge is -2.10. The number of rotatable bonds is 2. The van der Waals surface area contributed by atoms with Crippen molar-refractivity contribution in [3.8, 4) is 0 Å². The molecule has 0 rings (SSSR count). The molecular formula is C8H25O4P3. The highest BCUT2D eigenvalue weighted by atomic mass is 31.2. The van der Waals surface area contributed by atoms with Crippen LogP contribution in [-0.4, -0.2) is 46.7 Å². The predicted molar refractivity (Wildman–Crippen MR) is 72.1 cm³/mol. The normalized spacial score (nSPS) is 12.2. The van der Waals surface area contributed by atoms with Crippen molar-refractivity contribution in [1.29, 1.82) is 0 Å². The van der Waals surface area contributed by atoms with Gasteiger partial charge >= 0.3 is 0 Å². The first-order valence-electron chi connectivity index (χ1n) is 4.04. The van der Waals surface area contributed by atoms with Crippen LogP contribution in [0.1, 0.15) is 7.43 Å². The lowest BCUT2D eigenvalue weighted by atomic mass is 11.9. The van der Waals surface area contributed by atoms with E-state index in [-0.39, 0.29) is 7.43 Å². The van der Waals surface area contributed by atoms with Crippen molar-refractivity contribution < 1.29 is 18.0 Å². The zero-order valence-corrected chi connectivity index (χ0v) is 12.7. The third kappa shape index (κ3) is 53.0. The van der Waals surface area contributed by atoms with Gasteiger partial charge in [0, 0.05) is 26.7 Å². The fourth-order valence-electron chi connectivity index (χ4n) is 0.474. The van der Waals surface area contributed by atoms with Crippen LogP contribution in [0.25, 0.3) is 0 Å². The lowest BCUT2D eigenvalue weighted by molar-refractivity contribution is 0.473. The van der Waals surface area contributed by atoms with Crippen LogP contribution in [0.5, 0.6) is 0 Å². The highest BCUT2D eigenvalue weighted by molar-refractivity contribution is 7.70. The molecule has 0 heterocycles. The van der Waals surface area contributed by atoms with E-state index in [4.69, 9.17) is 4.31 Å². The summed E-state index contributed by atoms with van der Waals surface area (Å²) in [5.74, 6) is 0. The van der Waals surface area contributed by atoms with E-state index >= 15 is 0 Å². The minimum absolute atomic E-state index is 0. The van der Waals surface area contributed by atoms with Gasteiger partial charge in [0.15, 0.2) is 0 Å². The van der Waals surface area contributed by atoms with E-state index in [1.165, 1.54) is 26.7 Å². The molecule has 4 nitrogen and oxygen atoms in total. The van der Waals surface area contributed by atoms with Gasteiger partial charge in [0.05, 0.1) is 7.14 Å². The molecule has 15 heavy (non-hydrogen) atoms. The van der Waals surface area contributed by atoms with Crippen molar-refractivity contribution in [1.82, 2.24) is 0 Å². The maximum absolute atomic E-state index is 10.8. The molecule has 0 spiro atoms. The summed E-state index contributed by atoms with van der Waals surface area (Å²) in [5.41, 5.74) is 0. The maximum Gasteiger partial charge on any atom is 0.202 e. The van der Waals surface area contributed by atoms with Crippen LogP contribution < -0.4 is 0 Å². The van der Waals surface area contributed by atoms with E-state index in [1.807, 2.05) is 0 Å². The third-order valence-corrected chi connectivity index (χ3v) is 3.54. The Labute approximate surface area is 94.5 Å². The van der Waals surface area contributed by atoms with Gasteiger partial charge in [-0.15, -0.1) is 0 Å². The standard InChI is InChI=1S/C4H12O3P2.C3H9OP.CH4/c1-8(2,5)7-9(3,4)6;1-5(2,3)4;/h1-4H3;1-3H3;1H4. The maximum atomic E-state index is 10.8. The first kappa shape index (κ1) is 21.0. The monoisotopic (exact) mass is 278 g/mol. The second-order valence-electron chi connectivity index (χ2n) is 4.48. The van der Waals surface area contributed by atoms with Crippen molar-refractivity contribution in [2.24, 2.45) is 0 Å². The highest BCUT2D eigenvalue weighted by Crippen LogP contribution is 2.55. The van der Waals surface area contributed by atoms with Crippen LogP contribution in [0.4, 0.5) is 0 Å². The van der Waals surface area contributed by atoms with E-state index in [1.54, 1.807) is 20.0 Å².